The van der Waals surface area contributed by atoms with Crippen LogP contribution in [0, 0.1) is 24.2 Å². The van der Waals surface area contributed by atoms with Gasteiger partial charge in [-0.3, -0.25) is 27.5 Å². The molecule has 5 N–H and O–H groups in total. The fraction of sp³-hybridized carbons (Fsp3) is 0.583. The van der Waals surface area contributed by atoms with Crippen LogP contribution >= 0.6 is 26.9 Å². The van der Waals surface area contributed by atoms with Crippen LogP contribution in [0.2, 0.25) is 0 Å². The Bertz CT molecular complexity index is 2110. The number of hydrogen-bond acceptors (Lipinski definition) is 15. The lowest BCUT2D eigenvalue weighted by atomic mass is 10.0. The van der Waals surface area contributed by atoms with Gasteiger partial charge in [-0.25, -0.2) is 34.0 Å². The number of aromatic amines is 1. The molecule has 244 valence electrons. The van der Waals surface area contributed by atoms with E-state index < -0.39 is 67.7 Å². The van der Waals surface area contributed by atoms with Gasteiger partial charge in [0.15, 0.2) is 28.9 Å². The fourth-order valence-corrected chi connectivity index (χ4v) is 10.2. The Hall–Kier alpha value is -2.77. The smallest absolute Gasteiger partial charge is 0.388 e. The molecule has 5 aliphatic rings. The highest BCUT2D eigenvalue weighted by molar-refractivity contribution is 8.44. The summed E-state index contributed by atoms with van der Waals surface area (Å²) in [6.45, 7) is -3.22. The third-order valence-electron chi connectivity index (χ3n) is 9.93. The van der Waals surface area contributed by atoms with Crippen molar-refractivity contribution in [2.45, 2.75) is 55.9 Å². The molecule has 2 saturated heterocycles. The normalized spacial score (nSPS) is 43.3. The molecule has 46 heavy (non-hydrogen) atoms. The van der Waals surface area contributed by atoms with Crippen molar-refractivity contribution in [3.63, 3.8) is 0 Å². The summed E-state index contributed by atoms with van der Waals surface area (Å²) in [5.74, 6) is -0.371. The molecular formula is C24H27N9O10P2S. The first kappa shape index (κ1) is 29.4. The third-order valence-corrected chi connectivity index (χ3v) is 12.5. The summed E-state index contributed by atoms with van der Waals surface area (Å²) < 4.78 is 59.9. The number of aliphatic hydroxyl groups is 1. The predicted molar refractivity (Wildman–Crippen MR) is 157 cm³/mol. The molecule has 6 heterocycles. The van der Waals surface area contributed by atoms with Gasteiger partial charge in [0.2, 0.25) is 0 Å². The van der Waals surface area contributed by atoms with E-state index in [1.165, 1.54) is 23.5 Å². The zero-order valence-corrected chi connectivity index (χ0v) is 26.5. The summed E-state index contributed by atoms with van der Waals surface area (Å²) in [6.07, 6.45) is 0.196. The third kappa shape index (κ3) is 4.19. The second-order valence-corrected chi connectivity index (χ2v) is 16.8. The number of nitrogens with zero attached hydrogens (tertiary/aromatic N) is 7. The van der Waals surface area contributed by atoms with Crippen LogP contribution in [0.3, 0.4) is 0 Å². The average molecular weight is 696 g/mol. The molecule has 2 aliphatic heterocycles. The van der Waals surface area contributed by atoms with E-state index in [2.05, 4.69) is 42.2 Å². The van der Waals surface area contributed by atoms with Crippen molar-refractivity contribution in [3.8, 4) is 0 Å². The molecule has 2 bridgehead atoms. The molecule has 1 spiro atoms. The molecule has 2 unspecified atom stereocenters. The Balaban J connectivity index is 1.07. The minimum atomic E-state index is -4.80. The highest BCUT2D eigenvalue weighted by Gasteiger charge is 2.75. The number of nitrogens with one attached hydrogen (secondary N) is 1. The van der Waals surface area contributed by atoms with Crippen LogP contribution in [-0.2, 0) is 32.0 Å². The number of phosphoric ester groups is 1. The predicted octanol–water partition coefficient (Wildman–Crippen LogP) is 1.02. The zero-order chi connectivity index (χ0) is 32.0. The maximum absolute atomic E-state index is 13.7. The second kappa shape index (κ2) is 9.43. The summed E-state index contributed by atoms with van der Waals surface area (Å²) in [7, 11) is -4.80. The van der Waals surface area contributed by atoms with Crippen LogP contribution in [0.5, 0.6) is 0 Å². The summed E-state index contributed by atoms with van der Waals surface area (Å²) in [5.41, 5.74) is 4.28. The molecule has 22 heteroatoms. The lowest BCUT2D eigenvalue weighted by Gasteiger charge is -2.31. The summed E-state index contributed by atoms with van der Waals surface area (Å²) in [6, 6.07) is -0.697. The second-order valence-electron chi connectivity index (χ2n) is 12.5. The minimum Gasteiger partial charge on any atom is -0.388 e. The van der Waals surface area contributed by atoms with Gasteiger partial charge in [0.25, 0.3) is 5.56 Å². The maximum Gasteiger partial charge on any atom is 0.472 e. The number of fused-ring (bicyclic) bond motifs is 2. The monoisotopic (exact) mass is 695 g/mol. The number of rotatable bonds is 2. The topological polar surface area (TPSA) is 254 Å². The number of imidazole rings is 2. The number of aromatic nitrogens is 8. The Morgan fingerprint density at radius 3 is 2.65 bits per heavy atom. The van der Waals surface area contributed by atoms with Gasteiger partial charge in [-0.2, -0.15) is 0 Å². The van der Waals surface area contributed by atoms with E-state index >= 15 is 0 Å². The lowest BCUT2D eigenvalue weighted by Crippen LogP contribution is -2.38. The number of ether oxygens (including phenoxy) is 1. The largest absolute Gasteiger partial charge is 0.472 e. The minimum absolute atomic E-state index is 0.0454. The van der Waals surface area contributed by atoms with E-state index in [9.17, 15) is 23.9 Å². The first-order valence-corrected chi connectivity index (χ1v) is 18.5. The summed E-state index contributed by atoms with van der Waals surface area (Å²) in [5, 5.41) is 11.6. The highest BCUT2D eigenvalue weighted by atomic mass is 32.7. The van der Waals surface area contributed by atoms with Crippen molar-refractivity contribution in [1.29, 1.82) is 0 Å². The molecule has 9 rings (SSSR count). The Morgan fingerprint density at radius 2 is 1.83 bits per heavy atom. The standard InChI is InChI=1S/C24H27N9O10P2S/c1-9-30-20-13(21(35)31-9)29-8-33(20)22-16-11-3-24(11,41-22)5-40-45(38,46)43-17-15(34)14(10-2-23(10,17)4-39-44(36,37)42-16)32-7-28-12-18(25)26-6-27-19(12)32/h6-8,10-11,14-17,22,34H,2-5H2,1H3,(H,36,37)(H,38,46)(H2,25,26,27)(H,30,31,35)/t10-,11+,14-,15+,16-,17+,22-,23?,24-,45+/m1/s1. The average Bonchev–Trinajstić information content (AvgIpc) is 3.65. The Kier molecular flexibility index (Phi) is 6.02. The molecule has 3 aliphatic carbocycles. The molecule has 3 saturated carbocycles. The van der Waals surface area contributed by atoms with Gasteiger partial charge >= 0.3 is 14.6 Å². The van der Waals surface area contributed by atoms with Crippen LogP contribution in [0.25, 0.3) is 22.3 Å². The first-order valence-electron chi connectivity index (χ1n) is 14.4. The van der Waals surface area contributed by atoms with Gasteiger partial charge in [-0.15, -0.1) is 0 Å². The number of hydrogen-bond donors (Lipinski definition) is 5. The highest BCUT2D eigenvalue weighted by Crippen LogP contribution is 2.74. The van der Waals surface area contributed by atoms with Crippen molar-refractivity contribution in [2.75, 3.05) is 18.9 Å². The first-order chi connectivity index (χ1) is 21.8. The molecule has 19 nitrogen and oxygen atoms in total. The van der Waals surface area contributed by atoms with Gasteiger partial charge in [0.1, 0.15) is 41.6 Å². The van der Waals surface area contributed by atoms with Crippen molar-refractivity contribution < 1.29 is 42.0 Å². The van der Waals surface area contributed by atoms with E-state index in [1.54, 1.807) is 11.5 Å². The molecule has 0 amide bonds. The van der Waals surface area contributed by atoms with Crippen molar-refractivity contribution >= 4 is 55.0 Å². The molecule has 4 aromatic heterocycles. The van der Waals surface area contributed by atoms with Crippen molar-refractivity contribution in [1.82, 2.24) is 39.0 Å². The van der Waals surface area contributed by atoms with E-state index in [0.29, 0.717) is 29.8 Å². The SMILES string of the molecule is Cc1nc2c(ncn2[C@@H]2O[C@]34CO[P@](=O)(S)O[C@H]5[C@@H](O)[C@H](n6cnc7c(N)ncnc76)[C@H]6CC65COP(=O)(O)O[C@@H]2[C@@H]3C4)c(=O)[nH]1. The Labute approximate surface area is 263 Å². The van der Waals surface area contributed by atoms with Gasteiger partial charge < -0.3 is 30.0 Å². The van der Waals surface area contributed by atoms with Crippen LogP contribution in [0.1, 0.15) is 30.9 Å². The van der Waals surface area contributed by atoms with Crippen molar-refractivity contribution in [3.05, 3.63) is 35.2 Å². The number of aryl methyl sites for hydroxylation is 1. The Morgan fingerprint density at radius 1 is 1.04 bits per heavy atom. The van der Waals surface area contributed by atoms with Crippen LogP contribution < -0.4 is 11.3 Å². The lowest BCUT2D eigenvalue weighted by molar-refractivity contribution is -0.0913. The number of nitrogen functional groups attached to an aromatic ring is 1. The molecule has 5 fully saturated rings. The van der Waals surface area contributed by atoms with Crippen LogP contribution in [0.4, 0.5) is 5.82 Å². The maximum atomic E-state index is 13.7. The van der Waals surface area contributed by atoms with Crippen molar-refractivity contribution in [2.24, 2.45) is 17.3 Å². The molecule has 11 atom stereocenters. The number of nitrogens with two attached hydrogens (primary N) is 1. The number of H-pyrrole nitrogens is 1. The van der Waals surface area contributed by atoms with Crippen LogP contribution in [-0.4, -0.2) is 86.2 Å². The van der Waals surface area contributed by atoms with E-state index in [1.807, 2.05) is 0 Å². The number of thiol groups is 1. The van der Waals surface area contributed by atoms with Crippen LogP contribution in [0.15, 0.2) is 23.8 Å². The summed E-state index contributed by atoms with van der Waals surface area (Å²) >= 11 is 4.25. The summed E-state index contributed by atoms with van der Waals surface area (Å²) in [4.78, 5) is 47.2. The van der Waals surface area contributed by atoms with Gasteiger partial charge in [0.05, 0.1) is 31.9 Å². The fourth-order valence-electron chi connectivity index (χ4n) is 7.64. The molecule has 0 radical (unpaired) electrons. The molecular weight excluding hydrogens is 668 g/mol. The number of phosphoric acid groups is 1. The number of anilines is 1. The number of aliphatic hydroxyl groups excluding tert-OH is 1. The van der Waals surface area contributed by atoms with Gasteiger partial charge in [-0.1, -0.05) is 12.2 Å². The van der Waals surface area contributed by atoms with E-state index in [4.69, 9.17) is 28.6 Å². The van der Waals surface area contributed by atoms with E-state index in [0.717, 1.165) is 0 Å². The molecule has 0 aromatic carbocycles. The zero-order valence-electron chi connectivity index (χ0n) is 23.8. The van der Waals surface area contributed by atoms with Gasteiger partial charge in [-0.05, 0) is 25.7 Å². The van der Waals surface area contributed by atoms with Gasteiger partial charge in [0, 0.05) is 11.3 Å². The molecule has 4 aromatic rings. The van der Waals surface area contributed by atoms with E-state index in [-0.39, 0.29) is 36.1 Å². The quantitative estimate of drug-likeness (QED) is 0.145.